The summed E-state index contributed by atoms with van der Waals surface area (Å²) in [5.74, 6) is 0.155. The average Bonchev–Trinajstić information content (AvgIpc) is 2.43. The van der Waals surface area contributed by atoms with Crippen LogP contribution in [0.5, 0.6) is 5.75 Å². The highest BCUT2D eigenvalue weighted by atomic mass is 35.5. The molecule has 0 atom stereocenters. The highest BCUT2D eigenvalue weighted by Crippen LogP contribution is 2.21. The second kappa shape index (κ2) is 6.86. The molecular weight excluding hydrogens is 258 g/mol. The summed E-state index contributed by atoms with van der Waals surface area (Å²) in [6.45, 7) is -0.136. The van der Waals surface area contributed by atoms with Gasteiger partial charge < -0.3 is 9.47 Å². The van der Waals surface area contributed by atoms with Gasteiger partial charge in [-0.15, -0.1) is 11.6 Å². The van der Waals surface area contributed by atoms with E-state index in [-0.39, 0.29) is 18.2 Å². The Balaban J connectivity index is 3.00. The lowest BCUT2D eigenvalue weighted by Crippen LogP contribution is -2.36. The summed E-state index contributed by atoms with van der Waals surface area (Å²) in [7, 11) is 2.77. The van der Waals surface area contributed by atoms with Crippen molar-refractivity contribution in [3.05, 3.63) is 24.3 Å². The fourth-order valence-electron chi connectivity index (χ4n) is 1.37. The summed E-state index contributed by atoms with van der Waals surface area (Å²) >= 11 is 5.44. The van der Waals surface area contributed by atoms with E-state index >= 15 is 0 Å². The van der Waals surface area contributed by atoms with Crippen molar-refractivity contribution in [2.24, 2.45) is 0 Å². The number of methoxy groups -OCH3 is 2. The zero-order chi connectivity index (χ0) is 13.5. The molecule has 1 aromatic rings. The van der Waals surface area contributed by atoms with E-state index in [1.807, 2.05) is 0 Å². The fraction of sp³-hybridized carbons (Fsp3) is 0.333. The molecule has 0 aliphatic rings. The van der Waals surface area contributed by atoms with Crippen molar-refractivity contribution in [2.75, 3.05) is 31.5 Å². The second-order valence-electron chi connectivity index (χ2n) is 3.43. The standard InChI is InChI=1S/C12H14ClNO4/c1-17-11-5-3-4-9(6-11)14(12(16)18-2)8-10(15)7-13/h3-6H,7-8H2,1-2H3. The first-order valence-electron chi connectivity index (χ1n) is 5.19. The number of carbonyl (C=O) groups excluding carboxylic acids is 2. The van der Waals surface area contributed by atoms with Gasteiger partial charge in [0.15, 0.2) is 5.78 Å². The van der Waals surface area contributed by atoms with Gasteiger partial charge in [0.25, 0.3) is 0 Å². The van der Waals surface area contributed by atoms with Gasteiger partial charge in [-0.2, -0.15) is 0 Å². The van der Waals surface area contributed by atoms with Crippen LogP contribution in [0, 0.1) is 0 Å². The Hall–Kier alpha value is -1.75. The minimum absolute atomic E-state index is 0.136. The molecule has 1 amide bonds. The number of halogens is 1. The van der Waals surface area contributed by atoms with Crippen molar-refractivity contribution in [1.29, 1.82) is 0 Å². The van der Waals surface area contributed by atoms with Crippen LogP contribution >= 0.6 is 11.6 Å². The summed E-state index contributed by atoms with van der Waals surface area (Å²) in [6.07, 6.45) is -0.623. The van der Waals surface area contributed by atoms with E-state index in [1.54, 1.807) is 24.3 Å². The molecule has 0 heterocycles. The molecule has 0 aromatic heterocycles. The van der Waals surface area contributed by atoms with Crippen LogP contribution in [0.25, 0.3) is 0 Å². The van der Waals surface area contributed by atoms with E-state index < -0.39 is 6.09 Å². The summed E-state index contributed by atoms with van der Waals surface area (Å²) in [5.41, 5.74) is 0.514. The van der Waals surface area contributed by atoms with Crippen LogP contribution in [0.4, 0.5) is 10.5 Å². The van der Waals surface area contributed by atoms with Gasteiger partial charge in [0.1, 0.15) is 5.75 Å². The van der Waals surface area contributed by atoms with Gasteiger partial charge in [0, 0.05) is 6.07 Å². The first kappa shape index (κ1) is 14.3. The Bertz CT molecular complexity index is 436. The first-order valence-corrected chi connectivity index (χ1v) is 5.73. The Morgan fingerprint density at radius 2 is 2.06 bits per heavy atom. The van der Waals surface area contributed by atoms with Gasteiger partial charge in [0.05, 0.1) is 32.3 Å². The maximum atomic E-state index is 11.6. The minimum atomic E-state index is -0.623. The van der Waals surface area contributed by atoms with Crippen molar-refractivity contribution >= 4 is 29.2 Å². The number of ketones is 1. The van der Waals surface area contributed by atoms with Gasteiger partial charge in [-0.1, -0.05) is 6.07 Å². The molecule has 0 bridgehead atoms. The molecule has 0 saturated heterocycles. The lowest BCUT2D eigenvalue weighted by Gasteiger charge is -2.20. The minimum Gasteiger partial charge on any atom is -0.497 e. The SMILES string of the molecule is COC(=O)N(CC(=O)CCl)c1cccc(OC)c1. The Morgan fingerprint density at radius 1 is 1.33 bits per heavy atom. The van der Waals surface area contributed by atoms with Crippen molar-refractivity contribution in [1.82, 2.24) is 0 Å². The molecule has 0 saturated carbocycles. The number of rotatable bonds is 5. The number of hydrogen-bond donors (Lipinski definition) is 0. The molecule has 0 radical (unpaired) electrons. The van der Waals surface area contributed by atoms with Crippen molar-refractivity contribution < 1.29 is 19.1 Å². The molecule has 1 aromatic carbocycles. The van der Waals surface area contributed by atoms with E-state index in [2.05, 4.69) is 4.74 Å². The average molecular weight is 272 g/mol. The molecule has 98 valence electrons. The van der Waals surface area contributed by atoms with Crippen LogP contribution < -0.4 is 9.64 Å². The highest BCUT2D eigenvalue weighted by Gasteiger charge is 2.19. The number of ether oxygens (including phenoxy) is 2. The van der Waals surface area contributed by atoms with E-state index in [0.29, 0.717) is 11.4 Å². The quantitative estimate of drug-likeness (QED) is 0.770. The fourth-order valence-corrected chi connectivity index (χ4v) is 1.45. The number of benzene rings is 1. The topological polar surface area (TPSA) is 55.8 Å². The number of anilines is 1. The van der Waals surface area contributed by atoms with Crippen LogP contribution in [0.2, 0.25) is 0 Å². The third-order valence-corrected chi connectivity index (χ3v) is 2.54. The van der Waals surface area contributed by atoms with Gasteiger partial charge in [-0.05, 0) is 12.1 Å². The number of nitrogens with zero attached hydrogens (tertiary/aromatic N) is 1. The molecule has 0 N–H and O–H groups in total. The monoisotopic (exact) mass is 271 g/mol. The van der Waals surface area contributed by atoms with Gasteiger partial charge in [-0.3, -0.25) is 9.69 Å². The van der Waals surface area contributed by atoms with E-state index in [0.717, 1.165) is 0 Å². The molecule has 1 rings (SSSR count). The van der Waals surface area contributed by atoms with Crippen LogP contribution in [0.3, 0.4) is 0 Å². The summed E-state index contributed by atoms with van der Waals surface area (Å²) in [5, 5.41) is 0. The van der Waals surface area contributed by atoms with Crippen LogP contribution in [0.1, 0.15) is 0 Å². The van der Waals surface area contributed by atoms with Gasteiger partial charge >= 0.3 is 6.09 Å². The Morgan fingerprint density at radius 3 is 2.61 bits per heavy atom. The predicted molar refractivity (Wildman–Crippen MR) is 68.5 cm³/mol. The number of hydrogen-bond acceptors (Lipinski definition) is 4. The summed E-state index contributed by atoms with van der Waals surface area (Å²) in [4.78, 5) is 24.2. The molecule has 6 heteroatoms. The van der Waals surface area contributed by atoms with Crippen LogP contribution in [-0.2, 0) is 9.53 Å². The number of carbonyl (C=O) groups is 2. The molecule has 5 nitrogen and oxygen atoms in total. The van der Waals surface area contributed by atoms with Crippen molar-refractivity contribution in [3.8, 4) is 5.75 Å². The molecule has 0 aliphatic carbocycles. The maximum Gasteiger partial charge on any atom is 0.414 e. The van der Waals surface area contributed by atoms with Crippen molar-refractivity contribution in [2.45, 2.75) is 0 Å². The smallest absolute Gasteiger partial charge is 0.414 e. The zero-order valence-electron chi connectivity index (χ0n) is 10.2. The zero-order valence-corrected chi connectivity index (χ0v) is 10.9. The summed E-state index contributed by atoms with van der Waals surface area (Å²) < 4.78 is 9.70. The molecule has 0 spiro atoms. The number of alkyl halides is 1. The van der Waals surface area contributed by atoms with Gasteiger partial charge in [-0.25, -0.2) is 4.79 Å². The molecule has 0 aliphatic heterocycles. The highest BCUT2D eigenvalue weighted by molar-refractivity contribution is 6.28. The molecule has 0 fully saturated rings. The van der Waals surface area contributed by atoms with Crippen LogP contribution in [0.15, 0.2) is 24.3 Å². The normalized spacial score (nSPS) is 9.72. The van der Waals surface area contributed by atoms with E-state index in [9.17, 15) is 9.59 Å². The molecule has 18 heavy (non-hydrogen) atoms. The third kappa shape index (κ3) is 3.63. The molecular formula is C12H14ClNO4. The third-order valence-electron chi connectivity index (χ3n) is 2.24. The van der Waals surface area contributed by atoms with Crippen molar-refractivity contribution in [3.63, 3.8) is 0 Å². The Labute approximate surface area is 110 Å². The number of Topliss-reactive ketones (excluding diaryl/α,β-unsaturated/α-hetero) is 1. The largest absolute Gasteiger partial charge is 0.497 e. The molecule has 0 unspecified atom stereocenters. The number of amides is 1. The lowest BCUT2D eigenvalue weighted by atomic mass is 10.2. The predicted octanol–water partition coefficient (Wildman–Crippen LogP) is 2.08. The maximum absolute atomic E-state index is 11.6. The second-order valence-corrected chi connectivity index (χ2v) is 3.70. The Kier molecular flexibility index (Phi) is 5.45. The lowest BCUT2D eigenvalue weighted by molar-refractivity contribution is -0.115. The van der Waals surface area contributed by atoms with E-state index in [4.69, 9.17) is 16.3 Å². The van der Waals surface area contributed by atoms with E-state index in [1.165, 1.54) is 19.1 Å². The summed E-state index contributed by atoms with van der Waals surface area (Å²) in [6, 6.07) is 6.77. The van der Waals surface area contributed by atoms with Gasteiger partial charge in [0.2, 0.25) is 0 Å². The van der Waals surface area contributed by atoms with Crippen LogP contribution in [-0.4, -0.2) is 38.5 Å². The first-order chi connectivity index (χ1) is 8.62.